The van der Waals surface area contributed by atoms with Crippen molar-refractivity contribution in [1.29, 1.82) is 0 Å². The number of ether oxygens (including phenoxy) is 4. The summed E-state index contributed by atoms with van der Waals surface area (Å²) in [7, 11) is 0. The topological polar surface area (TPSA) is 97.8 Å². The van der Waals surface area contributed by atoms with Gasteiger partial charge in [0.2, 0.25) is 5.91 Å². The Morgan fingerprint density at radius 1 is 0.902 bits per heavy atom. The highest BCUT2D eigenvalue weighted by atomic mass is 16.7. The third-order valence-corrected chi connectivity index (χ3v) is 17.3. The van der Waals surface area contributed by atoms with Crippen molar-refractivity contribution in [3.63, 3.8) is 0 Å². The molecule has 3 heterocycles. The fourth-order valence-electron chi connectivity index (χ4n) is 14.5. The van der Waals surface area contributed by atoms with Crippen molar-refractivity contribution in [2.24, 2.45) is 62.6 Å². The minimum absolute atomic E-state index is 0.00541. The molecule has 8 aliphatic rings. The van der Waals surface area contributed by atoms with E-state index < -0.39 is 6.10 Å². The maximum absolute atomic E-state index is 13.0. The second-order valence-electron chi connectivity index (χ2n) is 20.4. The zero-order chi connectivity index (χ0) is 36.5. The second kappa shape index (κ2) is 12.3. The van der Waals surface area contributed by atoms with Crippen molar-refractivity contribution in [3.05, 3.63) is 0 Å². The van der Waals surface area contributed by atoms with Crippen molar-refractivity contribution < 1.29 is 33.6 Å². The maximum Gasteiger partial charge on any atom is 0.410 e. The van der Waals surface area contributed by atoms with Crippen molar-refractivity contribution in [1.82, 2.24) is 9.80 Å². The Morgan fingerprint density at radius 3 is 2.27 bits per heavy atom. The van der Waals surface area contributed by atoms with Crippen LogP contribution < -0.4 is 0 Å². The van der Waals surface area contributed by atoms with E-state index >= 15 is 0 Å². The van der Waals surface area contributed by atoms with E-state index in [0.29, 0.717) is 42.9 Å². The molecule has 2 spiro atoms. The predicted octanol–water partition coefficient (Wildman–Crippen LogP) is 6.89. The number of amides is 2. The number of nitrogens with zero attached hydrogens (tertiary/aromatic N) is 2. The van der Waals surface area contributed by atoms with Gasteiger partial charge in [-0.3, -0.25) is 4.79 Å². The number of aliphatic hydroxyl groups excluding tert-OH is 1. The average Bonchev–Trinajstić information content (AvgIpc) is 3.68. The van der Waals surface area contributed by atoms with E-state index in [-0.39, 0.29) is 82.1 Å². The molecule has 5 saturated carbocycles. The number of hydrogen-bond donors (Lipinski definition) is 1. The Labute approximate surface area is 307 Å². The molecule has 0 aromatic carbocycles. The quantitative estimate of drug-likeness (QED) is 0.320. The molecule has 1 N–H and O–H groups in total. The lowest BCUT2D eigenvalue weighted by Gasteiger charge is -2.64. The van der Waals surface area contributed by atoms with Gasteiger partial charge in [-0.1, -0.05) is 62.3 Å². The van der Waals surface area contributed by atoms with E-state index in [4.69, 9.17) is 18.9 Å². The number of hydrogen-bond acceptors (Lipinski definition) is 7. The molecular formula is C42H68N2O7. The predicted molar refractivity (Wildman–Crippen MR) is 193 cm³/mol. The van der Waals surface area contributed by atoms with E-state index in [9.17, 15) is 14.7 Å². The van der Waals surface area contributed by atoms with Gasteiger partial charge in [-0.05, 0) is 109 Å². The van der Waals surface area contributed by atoms with Gasteiger partial charge < -0.3 is 33.9 Å². The molecule has 3 aliphatic heterocycles. The van der Waals surface area contributed by atoms with E-state index in [2.05, 4.69) is 48.5 Å². The summed E-state index contributed by atoms with van der Waals surface area (Å²) in [5.74, 6) is 1.98. The smallest absolute Gasteiger partial charge is 0.410 e. The molecule has 5 aliphatic carbocycles. The monoisotopic (exact) mass is 713 g/mol. The van der Waals surface area contributed by atoms with Gasteiger partial charge in [0.1, 0.15) is 6.10 Å². The molecule has 14 atom stereocenters. The normalized spacial score (nSPS) is 48.8. The van der Waals surface area contributed by atoms with Crippen LogP contribution in [0.5, 0.6) is 0 Å². The van der Waals surface area contributed by atoms with Gasteiger partial charge in [-0.2, -0.15) is 0 Å². The number of carbonyl (C=O) groups is 2. The Balaban J connectivity index is 1.01. The van der Waals surface area contributed by atoms with Crippen LogP contribution in [-0.2, 0) is 23.7 Å². The largest absolute Gasteiger partial charge is 0.443 e. The average molecular weight is 713 g/mol. The summed E-state index contributed by atoms with van der Waals surface area (Å²) in [6.07, 6.45) is 8.28. The van der Waals surface area contributed by atoms with Gasteiger partial charge in [0.05, 0.1) is 37.6 Å². The summed E-state index contributed by atoms with van der Waals surface area (Å²) < 4.78 is 26.2. The Bertz CT molecular complexity index is 1380. The molecule has 8 rings (SSSR count). The van der Waals surface area contributed by atoms with Crippen molar-refractivity contribution >= 4 is 12.0 Å². The van der Waals surface area contributed by atoms with Crippen LogP contribution in [0.25, 0.3) is 0 Å². The van der Waals surface area contributed by atoms with Crippen molar-refractivity contribution in [3.8, 4) is 0 Å². The molecule has 8 fully saturated rings. The van der Waals surface area contributed by atoms with Gasteiger partial charge in [-0.15, -0.1) is 0 Å². The van der Waals surface area contributed by atoms with Gasteiger partial charge in [0, 0.05) is 31.0 Å². The highest BCUT2D eigenvalue weighted by Crippen LogP contribution is 2.89. The molecule has 0 aromatic rings. The Hall–Kier alpha value is -1.42. The van der Waals surface area contributed by atoms with Crippen LogP contribution >= 0.6 is 0 Å². The summed E-state index contributed by atoms with van der Waals surface area (Å²) in [5, 5.41) is 12.7. The lowest BCUT2D eigenvalue weighted by Crippen LogP contribution is -2.60. The van der Waals surface area contributed by atoms with Crippen LogP contribution in [0, 0.1) is 62.6 Å². The molecule has 3 unspecified atom stereocenters. The van der Waals surface area contributed by atoms with Crippen LogP contribution in [0.15, 0.2) is 0 Å². The summed E-state index contributed by atoms with van der Waals surface area (Å²) in [6.45, 7) is 23.6. The molecule has 3 saturated heterocycles. The van der Waals surface area contributed by atoms with Crippen molar-refractivity contribution in [2.45, 2.75) is 157 Å². The van der Waals surface area contributed by atoms with Gasteiger partial charge >= 0.3 is 6.09 Å². The van der Waals surface area contributed by atoms with Gasteiger partial charge in [0.15, 0.2) is 6.29 Å². The maximum atomic E-state index is 13.0. The molecule has 9 nitrogen and oxygen atoms in total. The summed E-state index contributed by atoms with van der Waals surface area (Å²) >= 11 is 0. The number of aliphatic hydroxyl groups is 1. The van der Waals surface area contributed by atoms with Crippen LogP contribution in [0.1, 0.15) is 120 Å². The number of rotatable bonds is 6. The lowest BCUT2D eigenvalue weighted by molar-refractivity contribution is -0.248. The molecule has 0 radical (unpaired) electrons. The molecule has 0 bridgehead atoms. The van der Waals surface area contributed by atoms with Crippen LogP contribution in [0.3, 0.4) is 0 Å². The number of morpholine rings is 1. The summed E-state index contributed by atoms with van der Waals surface area (Å²) in [5.41, 5.74) is 0.308. The van der Waals surface area contributed by atoms with Crippen LogP contribution in [-0.4, -0.2) is 96.5 Å². The third kappa shape index (κ3) is 5.04. The first kappa shape index (κ1) is 36.6. The fourth-order valence-corrected chi connectivity index (χ4v) is 14.5. The number of fused-ring (bicyclic) bond motifs is 4. The number of carbonyl (C=O) groups excluding carboxylic acids is 2. The van der Waals surface area contributed by atoms with Gasteiger partial charge in [0.25, 0.3) is 0 Å². The first-order valence-corrected chi connectivity index (χ1v) is 20.9. The molecule has 51 heavy (non-hydrogen) atoms. The summed E-state index contributed by atoms with van der Waals surface area (Å²) in [4.78, 5) is 29.5. The minimum atomic E-state index is -0.541. The van der Waals surface area contributed by atoms with Crippen LogP contribution in [0.4, 0.5) is 4.79 Å². The van der Waals surface area contributed by atoms with E-state index in [1.807, 2.05) is 18.7 Å². The second-order valence-corrected chi connectivity index (χ2v) is 20.4. The third-order valence-electron chi connectivity index (χ3n) is 17.3. The zero-order valence-electron chi connectivity index (χ0n) is 33.1. The highest BCUT2D eigenvalue weighted by molar-refractivity contribution is 5.78. The molecule has 9 heteroatoms. The van der Waals surface area contributed by atoms with Crippen LogP contribution in [0.2, 0.25) is 0 Å². The first-order valence-electron chi connectivity index (χ1n) is 20.9. The van der Waals surface area contributed by atoms with Crippen molar-refractivity contribution in [2.75, 3.05) is 32.8 Å². The molecule has 0 aromatic heterocycles. The zero-order valence-corrected chi connectivity index (χ0v) is 33.1. The Kier molecular flexibility index (Phi) is 8.81. The molecule has 288 valence electrons. The molecule has 2 amide bonds. The summed E-state index contributed by atoms with van der Waals surface area (Å²) in [6, 6.07) is 0. The van der Waals surface area contributed by atoms with E-state index in [1.165, 1.54) is 19.3 Å². The fraction of sp³-hybridized carbons (Fsp3) is 0.952. The number of likely N-dealkylation sites (tertiary alicyclic amines) is 1. The van der Waals surface area contributed by atoms with E-state index in [0.717, 1.165) is 51.6 Å². The minimum Gasteiger partial charge on any atom is -0.443 e. The Morgan fingerprint density at radius 2 is 1.61 bits per heavy atom. The first-order chi connectivity index (χ1) is 24.0. The standard InChI is InChI=1S/C42H68N2O7/c1-24(2)33(51-37(47)43-17-10-18-43)27-21-26(5)32-34(49-27)35(45)40(9)29-12-11-28-38(6,7)30(50-31-22-44(19-20-48-31)36(46)25(3)4)13-14-41(28)23-42(29,41)16-15-39(32,40)8/h24-35,45H,10-23H2,1-9H3/t26-,27-,28+,29+,30?,31+,32+,33?,34+,35+,39-,40-,41?,42+/m1/s1. The van der Waals surface area contributed by atoms with Gasteiger partial charge in [-0.25, -0.2) is 4.79 Å². The highest BCUT2D eigenvalue weighted by Gasteiger charge is 2.84. The lowest BCUT2D eigenvalue weighted by atomic mass is 9.41. The SMILES string of the molecule is CC(C)C(=O)N1CCO[C@@H](OC2CCC34C[C@]35CC[C@]3(C)[C@@H]6[C@H](O[C@@H](C(OC(=O)N7CCC7)C(C)C)C[C@H]6C)[C@H](O)[C@@]3(C)[C@@H]5CC[C@H]4C2(C)C)C1. The molecular weight excluding hydrogens is 644 g/mol. The van der Waals surface area contributed by atoms with E-state index in [1.54, 1.807) is 4.90 Å².